The molecular formula is C29H25F3N6O2. The first-order valence-electron chi connectivity index (χ1n) is 13.0. The van der Waals surface area contributed by atoms with E-state index in [1.165, 1.54) is 41.1 Å². The third kappa shape index (κ3) is 4.39. The van der Waals surface area contributed by atoms with E-state index < -0.39 is 23.1 Å². The van der Waals surface area contributed by atoms with Crippen LogP contribution in [0.25, 0.3) is 33.3 Å². The predicted molar refractivity (Wildman–Crippen MR) is 140 cm³/mol. The summed E-state index contributed by atoms with van der Waals surface area (Å²) in [5.41, 5.74) is 5.55. The van der Waals surface area contributed by atoms with Crippen LogP contribution in [0.4, 0.5) is 13.2 Å². The molecule has 1 saturated carbocycles. The molecule has 6 rings (SSSR count). The number of halogens is 3. The Morgan fingerprint density at radius 3 is 2.55 bits per heavy atom. The molecule has 3 N–H and O–H groups in total. The van der Waals surface area contributed by atoms with E-state index in [1.54, 1.807) is 11.0 Å². The smallest absolute Gasteiger partial charge is 0.253 e. The Hall–Kier alpha value is -4.27. The van der Waals surface area contributed by atoms with Gasteiger partial charge in [-0.15, -0.1) is 5.10 Å². The van der Waals surface area contributed by atoms with Gasteiger partial charge in [-0.3, -0.25) is 4.79 Å². The lowest BCUT2D eigenvalue weighted by Crippen LogP contribution is -2.41. The fourth-order valence-electron chi connectivity index (χ4n) is 5.48. The van der Waals surface area contributed by atoms with Crippen LogP contribution in [0.1, 0.15) is 41.6 Å². The number of aliphatic hydroxyl groups is 1. The number of nitrogens with two attached hydrogens (primary N) is 1. The van der Waals surface area contributed by atoms with E-state index in [0.717, 1.165) is 12.5 Å². The fraction of sp³-hybridized carbons (Fsp3) is 0.310. The van der Waals surface area contributed by atoms with Crippen molar-refractivity contribution in [1.29, 1.82) is 5.26 Å². The molecule has 1 aliphatic heterocycles. The Bertz CT molecular complexity index is 1710. The second kappa shape index (κ2) is 9.73. The Morgan fingerprint density at radius 1 is 1.10 bits per heavy atom. The lowest BCUT2D eigenvalue weighted by atomic mass is 9.80. The number of aromatic nitrogens is 3. The lowest BCUT2D eigenvalue weighted by Gasteiger charge is -2.36. The number of carbonyl (C=O) groups excluding carboxylic acids is 1. The minimum absolute atomic E-state index is 0.00800. The van der Waals surface area contributed by atoms with Crippen LogP contribution in [0.3, 0.4) is 0 Å². The highest BCUT2D eigenvalue weighted by Crippen LogP contribution is 2.39. The number of fused-ring (bicyclic) bond motifs is 1. The standard InChI is InChI=1S/C29H25F3N6O2/c30-23-11-16(2-3-18(23)13-33)21-10-17(28(39)37-9-6-19(34)14-37)4-5-20(21)22-12-24-27(26(32)25(22)31)38(36-35-24)15-29(40)7-1-8-29/h2-5,10-12,19,40H,1,6-9,14-15,34H2/t19-/m0/s1. The zero-order valence-corrected chi connectivity index (χ0v) is 21.4. The number of amides is 1. The summed E-state index contributed by atoms with van der Waals surface area (Å²) in [4.78, 5) is 14.8. The quantitative estimate of drug-likeness (QED) is 0.388. The monoisotopic (exact) mass is 546 g/mol. The van der Waals surface area contributed by atoms with Gasteiger partial charge in [-0.2, -0.15) is 5.26 Å². The van der Waals surface area contributed by atoms with Gasteiger partial charge in [0.05, 0.1) is 17.7 Å². The second-order valence-electron chi connectivity index (χ2n) is 10.6. The number of benzene rings is 3. The van der Waals surface area contributed by atoms with E-state index in [0.29, 0.717) is 32.4 Å². The molecule has 11 heteroatoms. The maximum atomic E-state index is 15.7. The van der Waals surface area contributed by atoms with E-state index >= 15 is 8.78 Å². The molecule has 3 aromatic carbocycles. The van der Waals surface area contributed by atoms with Crippen molar-refractivity contribution in [2.45, 2.75) is 43.9 Å². The van der Waals surface area contributed by atoms with Gasteiger partial charge < -0.3 is 15.7 Å². The van der Waals surface area contributed by atoms with Crippen LogP contribution in [-0.2, 0) is 6.54 Å². The number of hydrogen-bond acceptors (Lipinski definition) is 6. The first-order chi connectivity index (χ1) is 19.2. The molecule has 2 heterocycles. The van der Waals surface area contributed by atoms with Crippen LogP contribution in [-0.4, -0.2) is 55.6 Å². The summed E-state index contributed by atoms with van der Waals surface area (Å²) in [6, 6.07) is 11.4. The van der Waals surface area contributed by atoms with Gasteiger partial charge in [0.1, 0.15) is 22.9 Å². The Labute approximate surface area is 227 Å². The summed E-state index contributed by atoms with van der Waals surface area (Å²) in [6.45, 7) is 0.874. The molecule has 1 atom stereocenters. The summed E-state index contributed by atoms with van der Waals surface area (Å²) in [5, 5.41) is 27.7. The zero-order valence-electron chi connectivity index (χ0n) is 21.4. The summed E-state index contributed by atoms with van der Waals surface area (Å²) in [6.07, 6.45) is 2.58. The van der Waals surface area contributed by atoms with Crippen molar-refractivity contribution in [2.24, 2.45) is 5.73 Å². The highest BCUT2D eigenvalue weighted by atomic mass is 19.2. The molecule has 0 spiro atoms. The topological polar surface area (TPSA) is 121 Å². The van der Waals surface area contributed by atoms with Crippen LogP contribution in [0.5, 0.6) is 0 Å². The van der Waals surface area contributed by atoms with Crippen molar-refractivity contribution < 1.29 is 23.1 Å². The first kappa shape index (κ1) is 26.0. The van der Waals surface area contributed by atoms with E-state index in [-0.39, 0.29) is 62.9 Å². The Balaban J connectivity index is 1.49. The van der Waals surface area contributed by atoms with Crippen molar-refractivity contribution in [1.82, 2.24) is 19.9 Å². The summed E-state index contributed by atoms with van der Waals surface area (Å²) in [7, 11) is 0. The minimum atomic E-state index is -1.18. The molecule has 1 amide bonds. The molecule has 0 radical (unpaired) electrons. The molecule has 204 valence electrons. The van der Waals surface area contributed by atoms with Crippen molar-refractivity contribution in [2.75, 3.05) is 13.1 Å². The zero-order chi connectivity index (χ0) is 28.2. The van der Waals surface area contributed by atoms with Gasteiger partial charge in [0, 0.05) is 30.3 Å². The van der Waals surface area contributed by atoms with Crippen LogP contribution in [0, 0.1) is 28.8 Å². The van der Waals surface area contributed by atoms with Crippen molar-refractivity contribution in [3.63, 3.8) is 0 Å². The Morgan fingerprint density at radius 2 is 1.90 bits per heavy atom. The third-order valence-corrected chi connectivity index (χ3v) is 7.88. The number of carbonyl (C=O) groups is 1. The van der Waals surface area contributed by atoms with Gasteiger partial charge in [0.15, 0.2) is 11.6 Å². The van der Waals surface area contributed by atoms with Crippen LogP contribution in [0.15, 0.2) is 42.5 Å². The molecule has 2 aliphatic rings. The van der Waals surface area contributed by atoms with Gasteiger partial charge in [-0.25, -0.2) is 17.9 Å². The van der Waals surface area contributed by atoms with E-state index in [9.17, 15) is 14.3 Å². The van der Waals surface area contributed by atoms with E-state index in [4.69, 9.17) is 11.0 Å². The van der Waals surface area contributed by atoms with Crippen LogP contribution < -0.4 is 5.73 Å². The van der Waals surface area contributed by atoms with Crippen molar-refractivity contribution in [3.05, 3.63) is 71.0 Å². The van der Waals surface area contributed by atoms with Gasteiger partial charge >= 0.3 is 0 Å². The van der Waals surface area contributed by atoms with E-state index in [1.807, 2.05) is 0 Å². The number of nitrogens with zero attached hydrogens (tertiary/aromatic N) is 5. The normalized spacial score (nSPS) is 18.1. The molecule has 40 heavy (non-hydrogen) atoms. The first-order valence-corrected chi connectivity index (χ1v) is 13.0. The van der Waals surface area contributed by atoms with Crippen LogP contribution in [0.2, 0.25) is 0 Å². The molecule has 1 aromatic heterocycles. The van der Waals surface area contributed by atoms with Gasteiger partial charge in [-0.05, 0) is 72.7 Å². The largest absolute Gasteiger partial charge is 0.388 e. The third-order valence-electron chi connectivity index (χ3n) is 7.88. The Kier molecular flexibility index (Phi) is 6.32. The second-order valence-corrected chi connectivity index (χ2v) is 10.6. The van der Waals surface area contributed by atoms with Crippen molar-refractivity contribution >= 4 is 16.9 Å². The predicted octanol–water partition coefficient (Wildman–Crippen LogP) is 4.14. The number of likely N-dealkylation sites (tertiary alicyclic amines) is 1. The maximum absolute atomic E-state index is 15.7. The minimum Gasteiger partial charge on any atom is -0.388 e. The highest BCUT2D eigenvalue weighted by molar-refractivity contribution is 5.98. The van der Waals surface area contributed by atoms with Crippen molar-refractivity contribution in [3.8, 4) is 28.3 Å². The molecule has 0 bridgehead atoms. The van der Waals surface area contributed by atoms with E-state index in [2.05, 4.69) is 10.3 Å². The molecule has 1 aliphatic carbocycles. The SMILES string of the molecule is N#Cc1ccc(-c2cc(C(=O)N3CC[C@H](N)C3)ccc2-c2cc3nnn(CC4(O)CCC4)c3c(F)c2F)cc1F. The number of nitriles is 1. The summed E-state index contributed by atoms with van der Waals surface area (Å²) < 4.78 is 47.1. The average Bonchev–Trinajstić information content (AvgIpc) is 3.55. The molecule has 4 aromatic rings. The molecule has 0 unspecified atom stereocenters. The summed E-state index contributed by atoms with van der Waals surface area (Å²) >= 11 is 0. The highest BCUT2D eigenvalue weighted by Gasteiger charge is 2.36. The fourth-order valence-corrected chi connectivity index (χ4v) is 5.48. The van der Waals surface area contributed by atoms with Gasteiger partial charge in [0.2, 0.25) is 0 Å². The van der Waals surface area contributed by atoms with Crippen LogP contribution >= 0.6 is 0 Å². The average molecular weight is 547 g/mol. The molecular weight excluding hydrogens is 521 g/mol. The number of hydrogen-bond donors (Lipinski definition) is 2. The van der Waals surface area contributed by atoms with Gasteiger partial charge in [-0.1, -0.05) is 17.3 Å². The van der Waals surface area contributed by atoms with Gasteiger partial charge in [0.25, 0.3) is 5.91 Å². The number of rotatable bonds is 5. The molecule has 2 fully saturated rings. The molecule has 8 nitrogen and oxygen atoms in total. The summed E-state index contributed by atoms with van der Waals surface area (Å²) in [5.74, 6) is -3.42. The maximum Gasteiger partial charge on any atom is 0.253 e. The lowest BCUT2D eigenvalue weighted by molar-refractivity contribution is -0.0493. The molecule has 1 saturated heterocycles.